The Morgan fingerprint density at radius 3 is 1.70 bits per heavy atom. The Balaban J connectivity index is 1.06. The largest absolute Gasteiger partial charge is 0.456 e. The molecule has 0 bridgehead atoms. The third-order valence-electron chi connectivity index (χ3n) is 12.2. The lowest BCUT2D eigenvalue weighted by Crippen LogP contribution is -2.11. The van der Waals surface area contributed by atoms with Gasteiger partial charge >= 0.3 is 0 Å². The highest BCUT2D eigenvalue weighted by Crippen LogP contribution is 2.45. The van der Waals surface area contributed by atoms with E-state index >= 15 is 0 Å². The molecule has 0 aliphatic carbocycles. The smallest absolute Gasteiger partial charge is 0.136 e. The molecule has 0 radical (unpaired) electrons. The van der Waals surface area contributed by atoms with Gasteiger partial charge in [-0.3, -0.25) is 0 Å². The van der Waals surface area contributed by atoms with Crippen LogP contribution in [0.3, 0.4) is 0 Å². The van der Waals surface area contributed by atoms with Gasteiger partial charge < -0.3 is 13.9 Å². The highest BCUT2D eigenvalue weighted by Gasteiger charge is 2.21. The second-order valence-electron chi connectivity index (χ2n) is 15.7. The van der Waals surface area contributed by atoms with Crippen LogP contribution in [0.15, 0.2) is 235 Å². The van der Waals surface area contributed by atoms with Crippen LogP contribution in [0.4, 0.5) is 17.1 Å². The van der Waals surface area contributed by atoms with Gasteiger partial charge in [-0.2, -0.15) is 0 Å². The van der Waals surface area contributed by atoms with Crippen molar-refractivity contribution in [2.24, 2.45) is 0 Å². The molecule has 0 spiro atoms. The first-order valence-electron chi connectivity index (χ1n) is 20.8. The molecule has 0 N–H and O–H groups in total. The van der Waals surface area contributed by atoms with E-state index in [1.807, 2.05) is 12.1 Å². The molecule has 2 aromatic heterocycles. The average Bonchev–Trinajstić information content (AvgIpc) is 3.87. The topological polar surface area (TPSA) is 21.3 Å². The summed E-state index contributed by atoms with van der Waals surface area (Å²) < 4.78 is 8.93. The minimum atomic E-state index is 0.867. The summed E-state index contributed by atoms with van der Waals surface area (Å²) in [7, 11) is 0. The lowest BCUT2D eigenvalue weighted by Gasteiger charge is -2.28. The minimum absolute atomic E-state index is 0.867. The summed E-state index contributed by atoms with van der Waals surface area (Å²) in [6, 6.07) is 83.0. The molecule has 0 saturated heterocycles. The highest BCUT2D eigenvalue weighted by molar-refractivity contribution is 6.10. The maximum atomic E-state index is 6.51. The van der Waals surface area contributed by atoms with E-state index in [-0.39, 0.29) is 0 Å². The van der Waals surface area contributed by atoms with Crippen molar-refractivity contribution < 1.29 is 4.42 Å². The van der Waals surface area contributed by atoms with E-state index < -0.39 is 0 Å². The van der Waals surface area contributed by atoms with Gasteiger partial charge in [0, 0.05) is 44.0 Å². The molecule has 0 saturated carbocycles. The summed E-state index contributed by atoms with van der Waals surface area (Å²) >= 11 is 0. The predicted octanol–water partition coefficient (Wildman–Crippen LogP) is 16.3. The summed E-state index contributed by atoms with van der Waals surface area (Å²) in [5.74, 6) is 0. The van der Waals surface area contributed by atoms with Crippen molar-refractivity contribution >= 4 is 71.6 Å². The lowest BCUT2D eigenvalue weighted by molar-refractivity contribution is 0.669. The van der Waals surface area contributed by atoms with E-state index in [2.05, 4.69) is 228 Å². The Hall–Kier alpha value is -8.14. The molecule has 0 aliphatic rings. The Kier molecular flexibility index (Phi) is 8.17. The molecule has 0 aliphatic heterocycles. The van der Waals surface area contributed by atoms with Crippen LogP contribution in [0, 0.1) is 0 Å². The van der Waals surface area contributed by atoms with E-state index in [0.717, 1.165) is 66.9 Å². The molecule has 2 heterocycles. The van der Waals surface area contributed by atoms with Gasteiger partial charge in [0.1, 0.15) is 11.2 Å². The summed E-state index contributed by atoms with van der Waals surface area (Å²) in [5, 5.41) is 7.20. The lowest BCUT2D eigenvalue weighted by atomic mass is 9.94. The first-order valence-corrected chi connectivity index (χ1v) is 20.8. The van der Waals surface area contributed by atoms with Crippen molar-refractivity contribution in [3.8, 4) is 39.1 Å². The number of rotatable bonds is 7. The number of aromatic nitrogens is 1. The fourth-order valence-electron chi connectivity index (χ4n) is 9.29. The van der Waals surface area contributed by atoms with Crippen LogP contribution >= 0.6 is 0 Å². The van der Waals surface area contributed by atoms with Crippen LogP contribution in [0.2, 0.25) is 0 Å². The van der Waals surface area contributed by atoms with Crippen LogP contribution in [-0.4, -0.2) is 4.57 Å². The molecular weight excluding hydrogens is 741 g/mol. The van der Waals surface area contributed by atoms with Crippen LogP contribution in [-0.2, 0) is 0 Å². The molecule has 61 heavy (non-hydrogen) atoms. The summed E-state index contributed by atoms with van der Waals surface area (Å²) in [5.41, 5.74) is 15.3. The van der Waals surface area contributed by atoms with E-state index in [4.69, 9.17) is 4.42 Å². The first-order chi connectivity index (χ1) is 30.2. The number of benzene rings is 10. The minimum Gasteiger partial charge on any atom is -0.456 e. The zero-order valence-electron chi connectivity index (χ0n) is 33.2. The Labute approximate surface area is 353 Å². The van der Waals surface area contributed by atoms with E-state index in [1.54, 1.807) is 0 Å². The number of para-hydroxylation sites is 5. The summed E-state index contributed by atoms with van der Waals surface area (Å²) in [6.45, 7) is 0. The van der Waals surface area contributed by atoms with Crippen molar-refractivity contribution in [1.29, 1.82) is 0 Å². The zero-order chi connectivity index (χ0) is 40.3. The molecular formula is C58H38N2O. The number of hydrogen-bond donors (Lipinski definition) is 0. The van der Waals surface area contributed by atoms with Gasteiger partial charge in [-0.25, -0.2) is 0 Å². The van der Waals surface area contributed by atoms with Gasteiger partial charge in [0.2, 0.25) is 0 Å². The van der Waals surface area contributed by atoms with Crippen molar-refractivity contribution in [2.45, 2.75) is 0 Å². The van der Waals surface area contributed by atoms with Crippen LogP contribution in [0.25, 0.3) is 93.6 Å². The maximum absolute atomic E-state index is 6.51. The van der Waals surface area contributed by atoms with Gasteiger partial charge in [-0.05, 0) is 112 Å². The molecule has 0 fully saturated rings. The van der Waals surface area contributed by atoms with Gasteiger partial charge in [-0.1, -0.05) is 152 Å². The Bertz CT molecular complexity index is 3540. The highest BCUT2D eigenvalue weighted by atomic mass is 16.3. The Morgan fingerprint density at radius 2 is 0.902 bits per heavy atom. The summed E-state index contributed by atoms with van der Waals surface area (Å²) in [4.78, 5) is 2.38. The van der Waals surface area contributed by atoms with Crippen LogP contribution in [0.5, 0.6) is 0 Å². The quantitative estimate of drug-likeness (QED) is 0.161. The standard InChI is InChI=1S/C58H38N2O/c1-2-16-45(17-3-1)59(46-32-28-40(29-33-46)42-27-26-39-14-4-5-15-41(39)36-42)56-35-31-43(37-52(56)44-30-34-51-50-21-9-13-25-57(50)61-58(51)38-44)47-18-6-10-22-53(47)60-54-23-11-7-19-48(54)49-20-8-12-24-55(49)60/h1-38H. The van der Waals surface area contributed by atoms with Gasteiger partial charge in [0.25, 0.3) is 0 Å². The molecule has 10 aromatic carbocycles. The van der Waals surface area contributed by atoms with E-state index in [1.165, 1.54) is 43.7 Å². The molecule has 12 aromatic rings. The summed E-state index contributed by atoms with van der Waals surface area (Å²) in [6.07, 6.45) is 0. The normalized spacial score (nSPS) is 11.6. The van der Waals surface area contributed by atoms with E-state index in [0.29, 0.717) is 0 Å². The molecule has 0 unspecified atom stereocenters. The second-order valence-corrected chi connectivity index (χ2v) is 15.7. The predicted molar refractivity (Wildman–Crippen MR) is 257 cm³/mol. The molecule has 12 rings (SSSR count). The molecule has 3 heteroatoms. The maximum Gasteiger partial charge on any atom is 0.136 e. The van der Waals surface area contributed by atoms with E-state index in [9.17, 15) is 0 Å². The monoisotopic (exact) mass is 778 g/mol. The van der Waals surface area contributed by atoms with Crippen molar-refractivity contribution in [2.75, 3.05) is 4.90 Å². The number of hydrogen-bond acceptors (Lipinski definition) is 2. The van der Waals surface area contributed by atoms with Gasteiger partial charge in [-0.15, -0.1) is 0 Å². The Morgan fingerprint density at radius 1 is 0.328 bits per heavy atom. The number of furan rings is 1. The average molecular weight is 779 g/mol. The number of nitrogens with zero attached hydrogens (tertiary/aromatic N) is 2. The third-order valence-corrected chi connectivity index (χ3v) is 12.2. The second kappa shape index (κ2) is 14.3. The third kappa shape index (κ3) is 5.90. The van der Waals surface area contributed by atoms with Crippen molar-refractivity contribution in [3.05, 3.63) is 231 Å². The van der Waals surface area contributed by atoms with Gasteiger partial charge in [0.15, 0.2) is 0 Å². The van der Waals surface area contributed by atoms with Crippen molar-refractivity contribution in [3.63, 3.8) is 0 Å². The molecule has 0 atom stereocenters. The molecule has 3 nitrogen and oxygen atoms in total. The molecule has 0 amide bonds. The first kappa shape index (κ1) is 34.9. The number of fused-ring (bicyclic) bond motifs is 7. The van der Waals surface area contributed by atoms with Crippen LogP contribution in [0.1, 0.15) is 0 Å². The fourth-order valence-corrected chi connectivity index (χ4v) is 9.29. The SMILES string of the molecule is c1ccc(N(c2ccc(-c3ccc4ccccc4c3)cc2)c2ccc(-c3ccccc3-n3c4ccccc4c4ccccc43)cc2-c2ccc3c(c2)oc2ccccc23)cc1. The number of anilines is 3. The molecule has 286 valence electrons. The van der Waals surface area contributed by atoms with Gasteiger partial charge in [0.05, 0.1) is 22.4 Å². The fraction of sp³-hybridized carbons (Fsp3) is 0. The van der Waals surface area contributed by atoms with Crippen molar-refractivity contribution in [1.82, 2.24) is 4.57 Å². The van der Waals surface area contributed by atoms with Crippen LogP contribution < -0.4 is 4.90 Å². The zero-order valence-corrected chi connectivity index (χ0v) is 33.2.